The molecule has 0 saturated heterocycles. The van der Waals surface area contributed by atoms with Gasteiger partial charge in [-0.1, -0.05) is 0 Å². The Kier molecular flexibility index (Phi) is 13.3. The van der Waals surface area contributed by atoms with E-state index in [1.165, 1.54) is 11.8 Å². The van der Waals surface area contributed by atoms with E-state index in [1.807, 2.05) is 7.05 Å². The highest BCUT2D eigenvalue weighted by Crippen LogP contribution is 2.16. The van der Waals surface area contributed by atoms with Crippen molar-refractivity contribution in [3.05, 3.63) is 24.3 Å². The van der Waals surface area contributed by atoms with Gasteiger partial charge in [-0.2, -0.15) is 0 Å². The molecule has 0 atom stereocenters. The van der Waals surface area contributed by atoms with Crippen LogP contribution >= 0.6 is 0 Å². The predicted octanol–water partition coefficient (Wildman–Crippen LogP) is 2.16. The van der Waals surface area contributed by atoms with Crippen LogP contribution in [0.1, 0.15) is 39.0 Å². The predicted molar refractivity (Wildman–Crippen MR) is 132 cm³/mol. The number of nitrogens with zero attached hydrogens (tertiary/aromatic N) is 3. The Balaban J connectivity index is 2.21. The van der Waals surface area contributed by atoms with Crippen LogP contribution < -0.4 is 15.4 Å². The SMILES string of the molecule is CNC(=O)CCCC(=O)N(C)CCCN(C)CCCN(C)C(=O)Oc1ccc(NC(C)=O)cc1. The monoisotopic (exact) mass is 477 g/mol. The molecule has 0 aliphatic carbocycles. The maximum Gasteiger partial charge on any atom is 0.414 e. The lowest BCUT2D eigenvalue weighted by molar-refractivity contribution is -0.130. The fraction of sp³-hybridized carbons (Fsp3) is 0.583. The van der Waals surface area contributed by atoms with Crippen molar-refractivity contribution in [3.63, 3.8) is 0 Å². The highest BCUT2D eigenvalue weighted by Gasteiger charge is 2.12. The van der Waals surface area contributed by atoms with E-state index in [4.69, 9.17) is 4.74 Å². The van der Waals surface area contributed by atoms with Crippen molar-refractivity contribution >= 4 is 29.5 Å². The molecule has 2 N–H and O–H groups in total. The van der Waals surface area contributed by atoms with Crippen LogP contribution in [0.25, 0.3) is 0 Å². The maximum absolute atomic E-state index is 12.3. The van der Waals surface area contributed by atoms with Gasteiger partial charge in [0.2, 0.25) is 17.7 Å². The number of carbonyl (C=O) groups excluding carboxylic acids is 4. The van der Waals surface area contributed by atoms with Gasteiger partial charge in [0.05, 0.1) is 0 Å². The highest BCUT2D eigenvalue weighted by atomic mass is 16.6. The van der Waals surface area contributed by atoms with Gasteiger partial charge in [0, 0.05) is 59.7 Å². The van der Waals surface area contributed by atoms with Crippen molar-refractivity contribution < 1.29 is 23.9 Å². The third kappa shape index (κ3) is 12.2. The lowest BCUT2D eigenvalue weighted by Crippen LogP contribution is -2.33. The molecule has 10 nitrogen and oxygen atoms in total. The summed E-state index contributed by atoms with van der Waals surface area (Å²) in [6.07, 6.45) is 2.50. The average Bonchev–Trinajstić information content (AvgIpc) is 2.79. The van der Waals surface area contributed by atoms with E-state index in [-0.39, 0.29) is 17.7 Å². The van der Waals surface area contributed by atoms with E-state index in [0.717, 1.165) is 25.9 Å². The summed E-state index contributed by atoms with van der Waals surface area (Å²) in [7, 11) is 7.09. The largest absolute Gasteiger partial charge is 0.414 e. The Bertz CT molecular complexity index is 799. The summed E-state index contributed by atoms with van der Waals surface area (Å²) in [5, 5.41) is 5.21. The molecule has 1 aromatic rings. The van der Waals surface area contributed by atoms with Crippen molar-refractivity contribution in [2.24, 2.45) is 0 Å². The molecule has 0 bridgehead atoms. The molecule has 1 aromatic carbocycles. The molecule has 0 saturated carbocycles. The van der Waals surface area contributed by atoms with Crippen LogP contribution in [0.15, 0.2) is 24.3 Å². The molecule has 0 aliphatic heterocycles. The fourth-order valence-corrected chi connectivity index (χ4v) is 3.19. The summed E-state index contributed by atoms with van der Waals surface area (Å²) in [5.74, 6) is 0.254. The summed E-state index contributed by atoms with van der Waals surface area (Å²) >= 11 is 0. The number of ether oxygens (including phenoxy) is 1. The zero-order chi connectivity index (χ0) is 25.5. The number of nitrogens with one attached hydrogen (secondary N) is 2. The van der Waals surface area contributed by atoms with E-state index in [2.05, 4.69) is 15.5 Å². The van der Waals surface area contributed by atoms with Gasteiger partial charge in [0.15, 0.2) is 0 Å². The highest BCUT2D eigenvalue weighted by molar-refractivity contribution is 5.88. The van der Waals surface area contributed by atoms with Gasteiger partial charge in [-0.25, -0.2) is 4.79 Å². The molecule has 190 valence electrons. The summed E-state index contributed by atoms with van der Waals surface area (Å²) in [5.41, 5.74) is 0.639. The molecule has 1 rings (SSSR count). The van der Waals surface area contributed by atoms with Crippen LogP contribution in [0, 0.1) is 0 Å². The van der Waals surface area contributed by atoms with E-state index < -0.39 is 6.09 Å². The van der Waals surface area contributed by atoms with Crippen LogP contribution in [0.5, 0.6) is 5.75 Å². The third-order valence-corrected chi connectivity index (χ3v) is 5.26. The van der Waals surface area contributed by atoms with Crippen LogP contribution in [0.2, 0.25) is 0 Å². The van der Waals surface area contributed by atoms with Crippen molar-refractivity contribution in [2.45, 2.75) is 39.0 Å². The summed E-state index contributed by atoms with van der Waals surface area (Å²) in [6.45, 7) is 4.30. The lowest BCUT2D eigenvalue weighted by Gasteiger charge is -2.22. The van der Waals surface area contributed by atoms with Crippen LogP contribution in [-0.4, -0.2) is 92.9 Å². The number of amides is 4. The van der Waals surface area contributed by atoms with Crippen molar-refractivity contribution in [1.29, 1.82) is 0 Å². The molecule has 34 heavy (non-hydrogen) atoms. The number of carbonyl (C=O) groups is 4. The first-order valence-electron chi connectivity index (χ1n) is 11.6. The third-order valence-electron chi connectivity index (χ3n) is 5.26. The van der Waals surface area contributed by atoms with Gasteiger partial charge < -0.3 is 30.1 Å². The number of hydrogen-bond donors (Lipinski definition) is 2. The number of hydrogen-bond acceptors (Lipinski definition) is 6. The molecule has 4 amide bonds. The molecule has 0 aliphatic rings. The van der Waals surface area contributed by atoms with Crippen LogP contribution in [0.3, 0.4) is 0 Å². The molecule has 0 unspecified atom stereocenters. The Labute approximate surface area is 202 Å². The zero-order valence-electron chi connectivity index (χ0n) is 21.1. The summed E-state index contributed by atoms with van der Waals surface area (Å²) < 4.78 is 5.36. The standard InChI is InChI=1S/C24H39N5O5/c1-19(30)26-20-11-13-21(14-12-20)34-24(33)29(5)18-8-16-27(3)15-7-17-28(4)23(32)10-6-9-22(31)25-2/h11-14H,6-10,15-18H2,1-5H3,(H,25,31)(H,26,30). The summed E-state index contributed by atoms with van der Waals surface area (Å²) in [4.78, 5) is 52.0. The van der Waals surface area contributed by atoms with Gasteiger partial charge in [-0.05, 0) is 63.7 Å². The minimum atomic E-state index is -0.438. The topological polar surface area (TPSA) is 111 Å². The second kappa shape index (κ2) is 15.7. The second-order valence-electron chi connectivity index (χ2n) is 8.35. The van der Waals surface area contributed by atoms with Gasteiger partial charge in [-0.15, -0.1) is 0 Å². The van der Waals surface area contributed by atoms with Gasteiger partial charge >= 0.3 is 6.09 Å². The molecule has 0 radical (unpaired) electrons. The zero-order valence-corrected chi connectivity index (χ0v) is 21.1. The average molecular weight is 478 g/mol. The molecular weight excluding hydrogens is 438 g/mol. The molecule has 0 fully saturated rings. The first-order valence-corrected chi connectivity index (χ1v) is 11.6. The van der Waals surface area contributed by atoms with Crippen molar-refractivity contribution in [1.82, 2.24) is 20.0 Å². The van der Waals surface area contributed by atoms with Gasteiger partial charge in [0.25, 0.3) is 0 Å². The number of anilines is 1. The lowest BCUT2D eigenvalue weighted by atomic mass is 10.2. The normalized spacial score (nSPS) is 10.5. The first-order chi connectivity index (χ1) is 16.1. The van der Waals surface area contributed by atoms with Crippen LogP contribution in [0.4, 0.5) is 10.5 Å². The van der Waals surface area contributed by atoms with E-state index >= 15 is 0 Å². The Morgan fingerprint density at radius 2 is 1.41 bits per heavy atom. The molecule has 0 aromatic heterocycles. The first kappa shape index (κ1) is 28.9. The van der Waals surface area contributed by atoms with Crippen molar-refractivity contribution in [2.75, 3.05) is 59.7 Å². The minimum absolute atomic E-state index is 0.0478. The number of rotatable bonds is 14. The van der Waals surface area contributed by atoms with Crippen molar-refractivity contribution in [3.8, 4) is 5.75 Å². The Morgan fingerprint density at radius 3 is 1.97 bits per heavy atom. The summed E-state index contributed by atoms with van der Waals surface area (Å²) in [6, 6.07) is 6.62. The molecule has 10 heteroatoms. The van der Waals surface area contributed by atoms with E-state index in [1.54, 1.807) is 50.3 Å². The fourth-order valence-electron chi connectivity index (χ4n) is 3.19. The van der Waals surface area contributed by atoms with E-state index in [0.29, 0.717) is 43.8 Å². The smallest absolute Gasteiger partial charge is 0.410 e. The van der Waals surface area contributed by atoms with E-state index in [9.17, 15) is 19.2 Å². The Hall–Kier alpha value is -3.14. The second-order valence-corrected chi connectivity index (χ2v) is 8.35. The number of benzene rings is 1. The molecule has 0 heterocycles. The molecule has 0 spiro atoms. The Morgan fingerprint density at radius 1 is 0.824 bits per heavy atom. The minimum Gasteiger partial charge on any atom is -0.410 e. The van der Waals surface area contributed by atoms with Gasteiger partial charge in [-0.3, -0.25) is 14.4 Å². The quantitative estimate of drug-likeness (QED) is 0.425. The maximum atomic E-state index is 12.3. The van der Waals surface area contributed by atoms with Gasteiger partial charge in [0.1, 0.15) is 5.75 Å². The van der Waals surface area contributed by atoms with Crippen LogP contribution in [-0.2, 0) is 14.4 Å². The molecular formula is C24H39N5O5.